The van der Waals surface area contributed by atoms with Crippen molar-refractivity contribution in [3.63, 3.8) is 0 Å². The predicted molar refractivity (Wildman–Crippen MR) is 119 cm³/mol. The Morgan fingerprint density at radius 2 is 0.704 bits per heavy atom. The van der Waals surface area contributed by atoms with Crippen LogP contribution in [-0.4, -0.2) is 48.0 Å². The van der Waals surface area contributed by atoms with Gasteiger partial charge in [-0.1, -0.05) is 116 Å². The molecule has 0 saturated heterocycles. The number of aliphatic hydroxyl groups is 2. The Morgan fingerprint density at radius 1 is 0.407 bits per heavy atom. The van der Waals surface area contributed by atoms with Crippen LogP contribution >= 0.6 is 0 Å². The van der Waals surface area contributed by atoms with E-state index in [4.69, 9.17) is 10.2 Å². The van der Waals surface area contributed by atoms with E-state index in [0.29, 0.717) is 13.1 Å². The molecule has 0 unspecified atom stereocenters. The highest BCUT2D eigenvalue weighted by Crippen LogP contribution is 2.14. The second-order valence-corrected chi connectivity index (χ2v) is 8.30. The van der Waals surface area contributed by atoms with Gasteiger partial charge in [-0.25, -0.2) is 0 Å². The lowest BCUT2D eigenvalue weighted by Crippen LogP contribution is -2.30. The molecule has 0 amide bonds. The van der Waals surface area contributed by atoms with E-state index in [1.54, 1.807) is 0 Å². The van der Waals surface area contributed by atoms with Crippen LogP contribution in [0.5, 0.6) is 0 Å². The Morgan fingerprint density at radius 3 is 1.00 bits per heavy atom. The van der Waals surface area contributed by atoms with E-state index in [1.165, 1.54) is 116 Å². The molecule has 0 fully saturated rings. The average molecular weight is 386 g/mol. The second-order valence-electron chi connectivity index (χ2n) is 8.30. The molecule has 2 N–H and O–H groups in total. The zero-order valence-electron chi connectivity index (χ0n) is 18.6. The Labute approximate surface area is 170 Å². The zero-order chi connectivity index (χ0) is 19.8. The Hall–Kier alpha value is -0.120. The van der Waals surface area contributed by atoms with Gasteiger partial charge in [0.15, 0.2) is 0 Å². The summed E-state index contributed by atoms with van der Waals surface area (Å²) >= 11 is 0. The molecule has 0 atom stereocenters. The lowest BCUT2D eigenvalue weighted by Gasteiger charge is -2.19. The van der Waals surface area contributed by atoms with Gasteiger partial charge >= 0.3 is 0 Å². The molecular weight excluding hydrogens is 334 g/mol. The summed E-state index contributed by atoms with van der Waals surface area (Å²) in [6.07, 6.45) is 25.3. The zero-order valence-corrected chi connectivity index (χ0v) is 18.6. The largest absolute Gasteiger partial charge is 0.395 e. The van der Waals surface area contributed by atoms with Crippen molar-refractivity contribution in [1.29, 1.82) is 0 Å². The summed E-state index contributed by atoms with van der Waals surface area (Å²) in [5, 5.41) is 18.0. The van der Waals surface area contributed by atoms with Crippen molar-refractivity contribution in [2.75, 3.05) is 32.8 Å². The number of rotatable bonds is 23. The number of hydrogen-bond acceptors (Lipinski definition) is 3. The fourth-order valence-electron chi connectivity index (χ4n) is 3.86. The summed E-state index contributed by atoms with van der Waals surface area (Å²) < 4.78 is 0. The van der Waals surface area contributed by atoms with Crippen molar-refractivity contribution < 1.29 is 10.2 Å². The van der Waals surface area contributed by atoms with Crippen LogP contribution in [0.25, 0.3) is 0 Å². The molecule has 0 aromatic carbocycles. The molecule has 0 aliphatic heterocycles. The maximum Gasteiger partial charge on any atom is 0.0558 e. The first-order valence-corrected chi connectivity index (χ1v) is 12.3. The molecule has 0 radical (unpaired) electrons. The second kappa shape index (κ2) is 23.9. The van der Waals surface area contributed by atoms with Gasteiger partial charge < -0.3 is 10.2 Å². The van der Waals surface area contributed by atoms with Gasteiger partial charge in [0.1, 0.15) is 0 Å². The molecular formula is C24H51NO2. The van der Waals surface area contributed by atoms with E-state index in [9.17, 15) is 0 Å². The minimum atomic E-state index is 0.193. The minimum absolute atomic E-state index is 0.193. The van der Waals surface area contributed by atoms with Gasteiger partial charge in [-0.2, -0.15) is 0 Å². The van der Waals surface area contributed by atoms with Gasteiger partial charge in [0.25, 0.3) is 0 Å². The van der Waals surface area contributed by atoms with Crippen molar-refractivity contribution in [3.8, 4) is 0 Å². The van der Waals surface area contributed by atoms with E-state index >= 15 is 0 Å². The van der Waals surface area contributed by atoms with Crippen LogP contribution in [0.4, 0.5) is 0 Å². The van der Waals surface area contributed by atoms with Crippen molar-refractivity contribution in [1.82, 2.24) is 4.90 Å². The lowest BCUT2D eigenvalue weighted by molar-refractivity contribution is 0.159. The summed E-state index contributed by atoms with van der Waals surface area (Å²) in [4.78, 5) is 2.16. The molecule has 0 aliphatic rings. The normalized spacial score (nSPS) is 11.6. The molecule has 0 heterocycles. The Bertz CT molecular complexity index is 255. The summed E-state index contributed by atoms with van der Waals surface area (Å²) in [5.41, 5.74) is 0. The standard InChI is InChI=1S/C24H51NO2/c1-2-3-4-5-6-7-8-9-10-11-12-13-14-15-16-17-18-19-20-25(21-23-26)22-24-27/h26-27H,2-24H2,1H3. The van der Waals surface area contributed by atoms with Crippen LogP contribution < -0.4 is 0 Å². The molecule has 0 spiro atoms. The Kier molecular flexibility index (Phi) is 23.8. The lowest BCUT2D eigenvalue weighted by atomic mass is 10.0. The van der Waals surface area contributed by atoms with Gasteiger partial charge in [0.2, 0.25) is 0 Å². The van der Waals surface area contributed by atoms with Crippen LogP contribution in [0, 0.1) is 0 Å². The monoisotopic (exact) mass is 385 g/mol. The molecule has 0 aliphatic carbocycles. The van der Waals surface area contributed by atoms with Crippen LogP contribution in [0.2, 0.25) is 0 Å². The molecule has 164 valence electrons. The van der Waals surface area contributed by atoms with Crippen LogP contribution in [0.1, 0.15) is 122 Å². The maximum atomic E-state index is 8.99. The van der Waals surface area contributed by atoms with Crippen LogP contribution in [0.15, 0.2) is 0 Å². The first-order chi connectivity index (χ1) is 13.3. The van der Waals surface area contributed by atoms with Crippen molar-refractivity contribution in [2.24, 2.45) is 0 Å². The molecule has 0 aromatic rings. The molecule has 27 heavy (non-hydrogen) atoms. The molecule has 0 saturated carbocycles. The fraction of sp³-hybridized carbons (Fsp3) is 1.00. The molecule has 0 rings (SSSR count). The first kappa shape index (κ1) is 26.9. The smallest absolute Gasteiger partial charge is 0.0558 e. The highest BCUT2D eigenvalue weighted by Gasteiger charge is 2.02. The first-order valence-electron chi connectivity index (χ1n) is 12.3. The van der Waals surface area contributed by atoms with Crippen LogP contribution in [-0.2, 0) is 0 Å². The van der Waals surface area contributed by atoms with Gasteiger partial charge in [0.05, 0.1) is 13.2 Å². The number of nitrogens with zero attached hydrogens (tertiary/aromatic N) is 1. The van der Waals surface area contributed by atoms with Crippen molar-refractivity contribution >= 4 is 0 Å². The topological polar surface area (TPSA) is 43.7 Å². The van der Waals surface area contributed by atoms with Gasteiger partial charge in [-0.15, -0.1) is 0 Å². The van der Waals surface area contributed by atoms with E-state index in [1.807, 2.05) is 0 Å². The summed E-state index contributed by atoms with van der Waals surface area (Å²) in [5.74, 6) is 0. The van der Waals surface area contributed by atoms with E-state index in [2.05, 4.69) is 11.8 Å². The van der Waals surface area contributed by atoms with Gasteiger partial charge in [-0.3, -0.25) is 4.90 Å². The predicted octanol–water partition coefficient (Wildman–Crippen LogP) is 6.31. The van der Waals surface area contributed by atoms with E-state index in [0.717, 1.165) is 6.54 Å². The quantitative estimate of drug-likeness (QED) is 0.202. The summed E-state index contributed by atoms with van der Waals surface area (Å²) in [7, 11) is 0. The highest BCUT2D eigenvalue weighted by molar-refractivity contribution is 4.57. The number of unbranched alkanes of at least 4 members (excludes halogenated alkanes) is 17. The number of aliphatic hydroxyl groups excluding tert-OH is 2. The molecule has 3 heteroatoms. The molecule has 0 bridgehead atoms. The third-order valence-electron chi connectivity index (χ3n) is 5.66. The van der Waals surface area contributed by atoms with E-state index in [-0.39, 0.29) is 13.2 Å². The Balaban J connectivity index is 3.12. The van der Waals surface area contributed by atoms with E-state index < -0.39 is 0 Å². The highest BCUT2D eigenvalue weighted by atomic mass is 16.3. The van der Waals surface area contributed by atoms with Crippen molar-refractivity contribution in [3.05, 3.63) is 0 Å². The van der Waals surface area contributed by atoms with Crippen molar-refractivity contribution in [2.45, 2.75) is 122 Å². The van der Waals surface area contributed by atoms with Gasteiger partial charge in [-0.05, 0) is 13.0 Å². The summed E-state index contributed by atoms with van der Waals surface area (Å²) in [6.45, 7) is 5.08. The average Bonchev–Trinajstić information content (AvgIpc) is 2.67. The van der Waals surface area contributed by atoms with Crippen LogP contribution in [0.3, 0.4) is 0 Å². The summed E-state index contributed by atoms with van der Waals surface area (Å²) in [6, 6.07) is 0. The maximum absolute atomic E-state index is 8.99. The molecule has 0 aromatic heterocycles. The third-order valence-corrected chi connectivity index (χ3v) is 5.66. The minimum Gasteiger partial charge on any atom is -0.395 e. The number of hydrogen-bond donors (Lipinski definition) is 2. The van der Waals surface area contributed by atoms with Gasteiger partial charge in [0, 0.05) is 13.1 Å². The SMILES string of the molecule is CCCCCCCCCCCCCCCCCCCCN(CCO)CCO. The fourth-order valence-corrected chi connectivity index (χ4v) is 3.86. The third kappa shape index (κ3) is 22.0. The molecule has 3 nitrogen and oxygen atoms in total.